The quantitative estimate of drug-likeness (QED) is 0.267. The van der Waals surface area contributed by atoms with Gasteiger partial charge in [0.15, 0.2) is 0 Å². The Morgan fingerprint density at radius 3 is 2.64 bits per heavy atom. The Kier molecular flexibility index (Phi) is 4.18. The molecule has 0 atom stereocenters. The third-order valence-electron chi connectivity index (χ3n) is 5.28. The summed E-state index contributed by atoms with van der Waals surface area (Å²) in [6, 6.07) is 22.0. The molecule has 5 aromatic rings. The van der Waals surface area contributed by atoms with E-state index in [1.165, 1.54) is 10.9 Å². The summed E-state index contributed by atoms with van der Waals surface area (Å²) >= 11 is 0. The van der Waals surface area contributed by atoms with Crippen LogP contribution in [0.25, 0.3) is 32.6 Å². The van der Waals surface area contributed by atoms with Gasteiger partial charge in [0.05, 0.1) is 0 Å². The molecule has 2 aromatic heterocycles. The molecule has 3 aromatic carbocycles. The molecule has 5 rings (SSSR count). The van der Waals surface area contributed by atoms with Gasteiger partial charge in [0.1, 0.15) is 5.58 Å². The van der Waals surface area contributed by atoms with Gasteiger partial charge in [-0.1, -0.05) is 48.5 Å². The summed E-state index contributed by atoms with van der Waals surface area (Å²) in [5.74, 6) is 0. The van der Waals surface area contributed by atoms with Crippen molar-refractivity contribution in [3.05, 3.63) is 94.5 Å². The number of benzene rings is 3. The molecule has 138 valence electrons. The minimum atomic E-state index is -0.309. The molecular weight excluding hydrogens is 348 g/mol. The third-order valence-corrected chi connectivity index (χ3v) is 5.28. The van der Waals surface area contributed by atoms with E-state index in [9.17, 15) is 4.79 Å². The highest BCUT2D eigenvalue weighted by atomic mass is 16.4. The number of fused-ring (bicyclic) bond motifs is 4. The van der Waals surface area contributed by atoms with Crippen molar-refractivity contribution in [2.45, 2.75) is 13.0 Å². The van der Waals surface area contributed by atoms with Gasteiger partial charge in [0, 0.05) is 35.1 Å². The standard InChI is InChI=1S/C24H20N2O2/c27-23-13-18(24-20-7-2-1-5-16(20)9-10-22(24)28-23)14-25-12-11-17-15-26-21-8-4-3-6-19(17)21/h1-10,13,15,25-26H,11-12,14H2. The van der Waals surface area contributed by atoms with Crippen LogP contribution in [-0.2, 0) is 13.0 Å². The largest absolute Gasteiger partial charge is 0.423 e. The molecule has 4 heteroatoms. The van der Waals surface area contributed by atoms with Crippen LogP contribution in [0.4, 0.5) is 0 Å². The summed E-state index contributed by atoms with van der Waals surface area (Å²) in [6.07, 6.45) is 3.00. The van der Waals surface area contributed by atoms with Gasteiger partial charge in [-0.05, 0) is 47.0 Å². The summed E-state index contributed by atoms with van der Waals surface area (Å²) in [6.45, 7) is 1.45. The first-order valence-electron chi connectivity index (χ1n) is 9.50. The molecule has 0 aliphatic heterocycles. The van der Waals surface area contributed by atoms with Crippen molar-refractivity contribution in [2.24, 2.45) is 0 Å². The zero-order valence-corrected chi connectivity index (χ0v) is 15.4. The molecule has 0 spiro atoms. The zero-order valence-electron chi connectivity index (χ0n) is 15.4. The van der Waals surface area contributed by atoms with Gasteiger partial charge in [-0.15, -0.1) is 0 Å². The van der Waals surface area contributed by atoms with Gasteiger partial charge >= 0.3 is 5.63 Å². The first kappa shape index (κ1) is 16.8. The van der Waals surface area contributed by atoms with Gasteiger partial charge in [0.2, 0.25) is 0 Å². The van der Waals surface area contributed by atoms with E-state index in [1.54, 1.807) is 6.07 Å². The lowest BCUT2D eigenvalue weighted by Gasteiger charge is -2.10. The third kappa shape index (κ3) is 2.98. The van der Waals surface area contributed by atoms with Crippen molar-refractivity contribution in [3.63, 3.8) is 0 Å². The van der Waals surface area contributed by atoms with E-state index >= 15 is 0 Å². The van der Waals surface area contributed by atoms with E-state index in [4.69, 9.17) is 4.42 Å². The lowest BCUT2D eigenvalue weighted by molar-refractivity contribution is 0.557. The number of para-hydroxylation sites is 1. The number of hydrogen-bond donors (Lipinski definition) is 2. The monoisotopic (exact) mass is 368 g/mol. The van der Waals surface area contributed by atoms with Crippen LogP contribution in [0, 0.1) is 0 Å². The maximum atomic E-state index is 12.0. The second-order valence-electron chi connectivity index (χ2n) is 7.04. The first-order valence-corrected chi connectivity index (χ1v) is 9.50. The van der Waals surface area contributed by atoms with Crippen LogP contribution in [0.5, 0.6) is 0 Å². The fourth-order valence-electron chi connectivity index (χ4n) is 3.94. The van der Waals surface area contributed by atoms with Gasteiger partial charge in [0.25, 0.3) is 0 Å². The minimum Gasteiger partial charge on any atom is -0.423 e. The van der Waals surface area contributed by atoms with E-state index in [1.807, 2.05) is 30.3 Å². The minimum absolute atomic E-state index is 0.309. The molecule has 2 N–H and O–H groups in total. The molecule has 0 unspecified atom stereocenters. The van der Waals surface area contributed by atoms with Crippen LogP contribution in [-0.4, -0.2) is 11.5 Å². The Morgan fingerprint density at radius 2 is 1.71 bits per heavy atom. The average Bonchev–Trinajstić information content (AvgIpc) is 3.14. The van der Waals surface area contributed by atoms with E-state index in [0.717, 1.165) is 40.2 Å². The van der Waals surface area contributed by atoms with Crippen molar-refractivity contribution in [3.8, 4) is 0 Å². The molecule has 0 bridgehead atoms. The molecule has 0 radical (unpaired) electrons. The van der Waals surface area contributed by atoms with Crippen LogP contribution < -0.4 is 10.9 Å². The van der Waals surface area contributed by atoms with Gasteiger partial charge in [-0.25, -0.2) is 4.79 Å². The molecule has 0 saturated carbocycles. The Balaban J connectivity index is 1.40. The lowest BCUT2D eigenvalue weighted by atomic mass is 10.0. The van der Waals surface area contributed by atoms with E-state index in [2.05, 4.69) is 46.8 Å². The van der Waals surface area contributed by atoms with Crippen molar-refractivity contribution < 1.29 is 4.42 Å². The normalized spacial score (nSPS) is 11.6. The van der Waals surface area contributed by atoms with Crippen molar-refractivity contribution in [1.82, 2.24) is 10.3 Å². The topological polar surface area (TPSA) is 58.0 Å². The van der Waals surface area contributed by atoms with Crippen molar-refractivity contribution in [2.75, 3.05) is 6.54 Å². The molecule has 2 heterocycles. The number of hydrogen-bond acceptors (Lipinski definition) is 3. The van der Waals surface area contributed by atoms with Gasteiger partial charge < -0.3 is 14.7 Å². The second kappa shape index (κ2) is 6.98. The predicted molar refractivity (Wildman–Crippen MR) is 114 cm³/mol. The highest BCUT2D eigenvalue weighted by Crippen LogP contribution is 2.27. The lowest BCUT2D eigenvalue weighted by Crippen LogP contribution is -2.18. The number of aromatic amines is 1. The molecule has 0 saturated heterocycles. The van der Waals surface area contributed by atoms with Crippen molar-refractivity contribution >= 4 is 32.6 Å². The number of nitrogens with one attached hydrogen (secondary N) is 2. The summed E-state index contributed by atoms with van der Waals surface area (Å²) in [5.41, 5.74) is 3.76. The molecular formula is C24H20N2O2. The van der Waals surface area contributed by atoms with E-state index in [0.29, 0.717) is 12.1 Å². The molecule has 28 heavy (non-hydrogen) atoms. The SMILES string of the molecule is O=c1cc(CNCCc2c[nH]c3ccccc23)c2c(ccc3ccccc32)o1. The highest BCUT2D eigenvalue weighted by molar-refractivity contribution is 6.07. The van der Waals surface area contributed by atoms with Crippen LogP contribution in [0.3, 0.4) is 0 Å². The molecule has 0 fully saturated rings. The molecule has 0 aliphatic carbocycles. The fourth-order valence-corrected chi connectivity index (χ4v) is 3.94. The van der Waals surface area contributed by atoms with Gasteiger partial charge in [-0.3, -0.25) is 0 Å². The van der Waals surface area contributed by atoms with E-state index < -0.39 is 0 Å². The summed E-state index contributed by atoms with van der Waals surface area (Å²) in [7, 11) is 0. The Morgan fingerprint density at radius 1 is 0.893 bits per heavy atom. The predicted octanol–water partition coefficient (Wildman–Crippen LogP) is 4.76. The average molecular weight is 368 g/mol. The smallest absolute Gasteiger partial charge is 0.336 e. The maximum absolute atomic E-state index is 12.0. The highest BCUT2D eigenvalue weighted by Gasteiger charge is 2.09. The van der Waals surface area contributed by atoms with Crippen LogP contribution in [0.2, 0.25) is 0 Å². The fraction of sp³-hybridized carbons (Fsp3) is 0.125. The summed E-state index contributed by atoms with van der Waals surface area (Å²) in [5, 5.41) is 8.02. The van der Waals surface area contributed by atoms with Crippen molar-refractivity contribution in [1.29, 1.82) is 0 Å². The second-order valence-corrected chi connectivity index (χ2v) is 7.04. The summed E-state index contributed by atoms with van der Waals surface area (Å²) < 4.78 is 5.44. The van der Waals surface area contributed by atoms with E-state index in [-0.39, 0.29) is 5.63 Å². The number of rotatable bonds is 5. The molecule has 0 amide bonds. The number of aromatic nitrogens is 1. The van der Waals surface area contributed by atoms with Crippen LogP contribution in [0.15, 0.2) is 82.1 Å². The van der Waals surface area contributed by atoms with Crippen LogP contribution >= 0.6 is 0 Å². The Labute approximate surface area is 161 Å². The van der Waals surface area contributed by atoms with Gasteiger partial charge in [-0.2, -0.15) is 0 Å². The molecule has 4 nitrogen and oxygen atoms in total. The zero-order chi connectivity index (χ0) is 18.9. The number of H-pyrrole nitrogens is 1. The maximum Gasteiger partial charge on any atom is 0.336 e. The van der Waals surface area contributed by atoms with Crippen LogP contribution in [0.1, 0.15) is 11.1 Å². The Hall–Kier alpha value is -3.37. The molecule has 0 aliphatic rings. The summed E-state index contributed by atoms with van der Waals surface area (Å²) in [4.78, 5) is 15.3. The first-order chi connectivity index (χ1) is 13.8. The Bertz CT molecular complexity index is 1350.